The second-order valence-corrected chi connectivity index (χ2v) is 7.38. The van der Waals surface area contributed by atoms with Gasteiger partial charge in [-0.3, -0.25) is 0 Å². The van der Waals surface area contributed by atoms with Gasteiger partial charge in [-0.1, -0.05) is 91.0 Å². The first-order valence-corrected chi connectivity index (χ1v) is 8.29. The van der Waals surface area contributed by atoms with Crippen LogP contribution in [0.5, 0.6) is 0 Å². The highest BCUT2D eigenvalue weighted by molar-refractivity contribution is 7.85. The molecule has 0 amide bonds. The minimum Gasteiger partial charge on any atom is -0.309 e. The Morgan fingerprint density at radius 3 is 0.955 bits per heavy atom. The van der Waals surface area contributed by atoms with Crippen molar-refractivity contribution in [2.45, 2.75) is 0 Å². The molecule has 0 radical (unpaired) electrons. The zero-order valence-corrected chi connectivity index (χ0v) is 13.1. The SMILES string of the molecule is Cl.O=P(c1ccccc1)(c1ccccc1)c1ccccc1.[AlH3]. The molecule has 0 aromatic heterocycles. The minimum absolute atomic E-state index is 0. The van der Waals surface area contributed by atoms with E-state index in [9.17, 15) is 4.57 Å². The predicted octanol–water partition coefficient (Wildman–Crippen LogP) is 2.56. The molecule has 0 spiro atoms. The lowest BCUT2D eigenvalue weighted by Gasteiger charge is -2.19. The molecule has 0 aliphatic carbocycles. The maximum Gasteiger partial charge on any atom is 0.187 e. The van der Waals surface area contributed by atoms with Gasteiger partial charge in [0.2, 0.25) is 0 Å². The third-order valence-corrected chi connectivity index (χ3v) is 6.44. The van der Waals surface area contributed by atoms with Gasteiger partial charge in [0.1, 0.15) is 0 Å². The van der Waals surface area contributed by atoms with Crippen LogP contribution in [0.15, 0.2) is 91.0 Å². The number of hydrogen-bond acceptors (Lipinski definition) is 1. The van der Waals surface area contributed by atoms with E-state index in [1.54, 1.807) is 0 Å². The summed E-state index contributed by atoms with van der Waals surface area (Å²) in [5, 5.41) is 2.62. The Balaban J connectivity index is 0.00000121. The lowest BCUT2D eigenvalue weighted by Crippen LogP contribution is -2.24. The predicted molar refractivity (Wildman–Crippen MR) is 103 cm³/mol. The van der Waals surface area contributed by atoms with Gasteiger partial charge in [-0.15, -0.1) is 12.4 Å². The minimum atomic E-state index is -2.78. The number of benzene rings is 3. The fraction of sp³-hybridized carbons (Fsp3) is 0. The summed E-state index contributed by atoms with van der Waals surface area (Å²) in [7, 11) is -2.78. The molecule has 0 unspecified atom stereocenters. The van der Waals surface area contributed by atoms with E-state index in [1.165, 1.54) is 0 Å². The number of halogens is 1. The molecular weight excluding hydrogens is 326 g/mol. The van der Waals surface area contributed by atoms with Crippen molar-refractivity contribution < 1.29 is 4.57 Å². The first-order chi connectivity index (χ1) is 9.82. The molecule has 0 saturated heterocycles. The topological polar surface area (TPSA) is 17.1 Å². The molecule has 0 N–H and O–H groups in total. The summed E-state index contributed by atoms with van der Waals surface area (Å²) in [5.74, 6) is 0. The summed E-state index contributed by atoms with van der Waals surface area (Å²) in [5.41, 5.74) is 0. The van der Waals surface area contributed by atoms with E-state index in [-0.39, 0.29) is 29.8 Å². The first-order valence-electron chi connectivity index (χ1n) is 6.59. The van der Waals surface area contributed by atoms with Gasteiger partial charge in [0.15, 0.2) is 24.5 Å². The summed E-state index contributed by atoms with van der Waals surface area (Å²) in [6.45, 7) is 0. The molecule has 0 aliphatic heterocycles. The molecule has 0 fully saturated rings. The summed E-state index contributed by atoms with van der Waals surface area (Å²) >= 11 is 0. The molecule has 0 atom stereocenters. The second-order valence-electron chi connectivity index (χ2n) is 4.62. The molecule has 3 rings (SSSR count). The van der Waals surface area contributed by atoms with Crippen molar-refractivity contribution in [3.05, 3.63) is 91.0 Å². The molecular formula is C18H19AlClOP. The normalized spacial score (nSPS) is 10.2. The van der Waals surface area contributed by atoms with Crippen molar-refractivity contribution in [1.29, 1.82) is 0 Å². The smallest absolute Gasteiger partial charge is 0.187 e. The van der Waals surface area contributed by atoms with Gasteiger partial charge >= 0.3 is 0 Å². The Hall–Kier alpha value is -1.29. The van der Waals surface area contributed by atoms with Crippen molar-refractivity contribution in [2.24, 2.45) is 0 Å². The van der Waals surface area contributed by atoms with E-state index < -0.39 is 7.14 Å². The molecule has 112 valence electrons. The number of rotatable bonds is 3. The summed E-state index contributed by atoms with van der Waals surface area (Å²) < 4.78 is 13.8. The fourth-order valence-corrected chi connectivity index (χ4v) is 5.03. The molecule has 0 saturated carbocycles. The molecule has 0 heterocycles. The molecule has 3 aromatic carbocycles. The third-order valence-electron chi connectivity index (χ3n) is 3.36. The Labute approximate surface area is 148 Å². The Morgan fingerprint density at radius 1 is 0.500 bits per heavy atom. The lowest BCUT2D eigenvalue weighted by atomic mass is 10.4. The van der Waals surface area contributed by atoms with Crippen LogP contribution in [0.25, 0.3) is 0 Å². The lowest BCUT2D eigenvalue weighted by molar-refractivity contribution is 0.592. The molecule has 22 heavy (non-hydrogen) atoms. The van der Waals surface area contributed by atoms with Gasteiger partial charge in [0.05, 0.1) is 0 Å². The molecule has 3 aromatic rings. The van der Waals surface area contributed by atoms with E-state index in [0.717, 1.165) is 15.9 Å². The largest absolute Gasteiger partial charge is 0.309 e. The van der Waals surface area contributed by atoms with E-state index >= 15 is 0 Å². The average Bonchev–Trinajstić information content (AvgIpc) is 2.56. The summed E-state index contributed by atoms with van der Waals surface area (Å²) in [6.07, 6.45) is 0. The zero-order chi connectivity index (χ0) is 13.8. The Morgan fingerprint density at radius 2 is 0.727 bits per heavy atom. The Kier molecular flexibility index (Phi) is 7.14. The van der Waals surface area contributed by atoms with E-state index in [0.29, 0.717) is 0 Å². The highest BCUT2D eigenvalue weighted by atomic mass is 35.5. The van der Waals surface area contributed by atoms with Crippen LogP contribution in [0.4, 0.5) is 0 Å². The fourth-order valence-electron chi connectivity index (χ4n) is 2.36. The third kappa shape index (κ3) is 3.54. The molecule has 0 aliphatic rings. The van der Waals surface area contributed by atoms with Crippen LogP contribution in [-0.2, 0) is 4.57 Å². The maximum atomic E-state index is 13.8. The summed E-state index contributed by atoms with van der Waals surface area (Å²) in [4.78, 5) is 0. The van der Waals surface area contributed by atoms with Gasteiger partial charge in [0, 0.05) is 15.9 Å². The van der Waals surface area contributed by atoms with Gasteiger partial charge in [-0.2, -0.15) is 0 Å². The van der Waals surface area contributed by atoms with Crippen LogP contribution in [0.3, 0.4) is 0 Å². The van der Waals surface area contributed by atoms with Gasteiger partial charge in [-0.05, 0) is 0 Å². The highest BCUT2D eigenvalue weighted by Crippen LogP contribution is 2.41. The average molecular weight is 345 g/mol. The second kappa shape index (κ2) is 8.37. The van der Waals surface area contributed by atoms with Crippen molar-refractivity contribution in [3.63, 3.8) is 0 Å². The number of hydrogen-bond donors (Lipinski definition) is 0. The van der Waals surface area contributed by atoms with Crippen LogP contribution in [0.1, 0.15) is 0 Å². The van der Waals surface area contributed by atoms with Gasteiger partial charge < -0.3 is 4.57 Å². The molecule has 1 nitrogen and oxygen atoms in total. The van der Waals surface area contributed by atoms with Gasteiger partial charge in [0.25, 0.3) is 0 Å². The van der Waals surface area contributed by atoms with Crippen LogP contribution in [0.2, 0.25) is 0 Å². The standard InChI is InChI=1S/C18H15OP.Al.ClH.3H/c19-20(16-10-4-1-5-11-16,17-12-6-2-7-13-17)18-14-8-3-9-15-18;;;;;/h1-15H;;1H;;;. The van der Waals surface area contributed by atoms with Crippen molar-refractivity contribution in [1.82, 2.24) is 0 Å². The van der Waals surface area contributed by atoms with Gasteiger partial charge in [-0.25, -0.2) is 0 Å². The van der Waals surface area contributed by atoms with Crippen LogP contribution >= 0.6 is 19.5 Å². The van der Waals surface area contributed by atoms with E-state index in [4.69, 9.17) is 0 Å². The van der Waals surface area contributed by atoms with Crippen LogP contribution in [-0.4, -0.2) is 17.4 Å². The highest BCUT2D eigenvalue weighted by Gasteiger charge is 2.28. The summed E-state index contributed by atoms with van der Waals surface area (Å²) in [6, 6.07) is 29.1. The van der Waals surface area contributed by atoms with E-state index in [1.807, 2.05) is 91.0 Å². The first kappa shape index (κ1) is 18.8. The quantitative estimate of drug-likeness (QED) is 0.527. The van der Waals surface area contributed by atoms with E-state index in [2.05, 4.69) is 0 Å². The van der Waals surface area contributed by atoms with Crippen LogP contribution < -0.4 is 15.9 Å². The molecule has 4 heteroatoms. The maximum absolute atomic E-state index is 13.8. The van der Waals surface area contributed by atoms with Crippen molar-refractivity contribution >= 4 is 52.8 Å². The van der Waals surface area contributed by atoms with Crippen LogP contribution in [0, 0.1) is 0 Å². The monoisotopic (exact) mass is 344 g/mol. The van der Waals surface area contributed by atoms with Crippen molar-refractivity contribution in [2.75, 3.05) is 0 Å². The van der Waals surface area contributed by atoms with Crippen molar-refractivity contribution in [3.8, 4) is 0 Å². The molecule has 0 bridgehead atoms. The Bertz CT molecular complexity index is 629. The zero-order valence-electron chi connectivity index (χ0n) is 11.4.